The van der Waals surface area contributed by atoms with E-state index >= 15 is 0 Å². The number of carbonyl (C=O) groups excluding carboxylic acids is 2. The van der Waals surface area contributed by atoms with Gasteiger partial charge in [-0.3, -0.25) is 9.59 Å². The molecule has 2 aromatic carbocycles. The van der Waals surface area contributed by atoms with Crippen molar-refractivity contribution in [3.05, 3.63) is 78.4 Å². The molecule has 0 spiro atoms. The number of carbonyl (C=O) groups is 2. The Kier molecular flexibility index (Phi) is 7.82. The van der Waals surface area contributed by atoms with Gasteiger partial charge in [0.2, 0.25) is 15.9 Å². The summed E-state index contributed by atoms with van der Waals surface area (Å²) < 4.78 is 27.5. The normalized spacial score (nSPS) is 15.2. The highest BCUT2D eigenvalue weighted by atomic mass is 32.2. The smallest absolute Gasteiger partial charge is 0.253 e. The first-order valence-electron chi connectivity index (χ1n) is 10.6. The number of nitrogens with zero attached hydrogens (tertiary/aromatic N) is 2. The molecule has 1 saturated heterocycles. The molecule has 1 aliphatic heterocycles. The molecule has 1 fully saturated rings. The third kappa shape index (κ3) is 5.83. The van der Waals surface area contributed by atoms with Gasteiger partial charge in [0.05, 0.1) is 4.90 Å². The number of hydrogen-bond donors (Lipinski definition) is 1. The van der Waals surface area contributed by atoms with Crippen LogP contribution in [-0.4, -0.2) is 56.1 Å². The molecule has 0 radical (unpaired) electrons. The summed E-state index contributed by atoms with van der Waals surface area (Å²) >= 11 is 0. The Balaban J connectivity index is 1.59. The third-order valence-corrected chi connectivity index (χ3v) is 7.59. The van der Waals surface area contributed by atoms with Crippen LogP contribution in [0.1, 0.15) is 28.8 Å². The first-order valence-corrected chi connectivity index (χ1v) is 12.0. The average Bonchev–Trinajstić information content (AvgIpc) is 2.83. The van der Waals surface area contributed by atoms with Crippen molar-refractivity contribution in [3.63, 3.8) is 0 Å². The van der Waals surface area contributed by atoms with E-state index in [1.165, 1.54) is 22.5 Å². The standard InChI is InChI=1S/C24H29N3O4S/c1-3-23(28)25-17-19-13-15-27(16-14-19)32(30,31)22-11-9-21(10-12-22)24(29)26(2)18-20-7-5-4-6-8-20/h3-12,19H,1,13-18H2,2H3,(H,25,28). The van der Waals surface area contributed by atoms with Gasteiger partial charge in [0.1, 0.15) is 0 Å². The summed E-state index contributed by atoms with van der Waals surface area (Å²) in [7, 11) is -1.90. The lowest BCUT2D eigenvalue weighted by molar-refractivity contribution is -0.116. The molecule has 7 nitrogen and oxygen atoms in total. The predicted molar refractivity (Wildman–Crippen MR) is 123 cm³/mol. The van der Waals surface area contributed by atoms with Crippen molar-refractivity contribution in [1.82, 2.24) is 14.5 Å². The fourth-order valence-corrected chi connectivity index (χ4v) is 5.21. The summed E-state index contributed by atoms with van der Waals surface area (Å²) in [5, 5.41) is 2.77. The van der Waals surface area contributed by atoms with Crippen LogP contribution in [0, 0.1) is 5.92 Å². The topological polar surface area (TPSA) is 86.8 Å². The number of hydrogen-bond acceptors (Lipinski definition) is 4. The van der Waals surface area contributed by atoms with Gasteiger partial charge in [-0.2, -0.15) is 4.31 Å². The molecule has 1 aliphatic rings. The monoisotopic (exact) mass is 455 g/mol. The van der Waals surface area contributed by atoms with Gasteiger partial charge in [-0.15, -0.1) is 0 Å². The van der Waals surface area contributed by atoms with Gasteiger partial charge in [-0.05, 0) is 54.7 Å². The SMILES string of the molecule is C=CC(=O)NCC1CCN(S(=O)(=O)c2ccc(C(=O)N(C)Cc3ccccc3)cc2)CC1. The average molecular weight is 456 g/mol. The van der Waals surface area contributed by atoms with E-state index in [2.05, 4.69) is 11.9 Å². The van der Waals surface area contributed by atoms with Crippen molar-refractivity contribution in [3.8, 4) is 0 Å². The predicted octanol–water partition coefficient (Wildman–Crippen LogP) is 2.66. The minimum atomic E-state index is -3.63. The molecule has 1 N–H and O–H groups in total. The molecule has 2 amide bonds. The largest absolute Gasteiger partial charge is 0.352 e. The molecule has 0 aromatic heterocycles. The van der Waals surface area contributed by atoms with Gasteiger partial charge in [-0.25, -0.2) is 8.42 Å². The summed E-state index contributed by atoms with van der Waals surface area (Å²) in [5.74, 6) is -0.144. The second-order valence-corrected chi connectivity index (χ2v) is 9.91. The van der Waals surface area contributed by atoms with Crippen LogP contribution < -0.4 is 5.32 Å². The first-order chi connectivity index (χ1) is 15.3. The lowest BCUT2D eigenvalue weighted by Crippen LogP contribution is -2.41. The quantitative estimate of drug-likeness (QED) is 0.620. The van der Waals surface area contributed by atoms with Gasteiger partial charge in [0.15, 0.2) is 0 Å². The van der Waals surface area contributed by atoms with E-state index in [0.717, 1.165) is 5.56 Å². The molecule has 2 aromatic rings. The zero-order chi connectivity index (χ0) is 23.1. The lowest BCUT2D eigenvalue weighted by Gasteiger charge is -2.31. The Morgan fingerprint density at radius 1 is 1.09 bits per heavy atom. The zero-order valence-electron chi connectivity index (χ0n) is 18.2. The van der Waals surface area contributed by atoms with E-state index in [1.54, 1.807) is 24.1 Å². The summed E-state index contributed by atoms with van der Waals surface area (Å²) in [5.41, 5.74) is 1.47. The molecule has 0 saturated carbocycles. The van der Waals surface area contributed by atoms with E-state index in [9.17, 15) is 18.0 Å². The second-order valence-electron chi connectivity index (χ2n) is 7.97. The van der Waals surface area contributed by atoms with Crippen molar-refractivity contribution in [2.45, 2.75) is 24.3 Å². The fraction of sp³-hybridized carbons (Fsp3) is 0.333. The highest BCUT2D eigenvalue weighted by molar-refractivity contribution is 7.89. The third-order valence-electron chi connectivity index (χ3n) is 5.67. The number of amides is 2. The number of benzene rings is 2. The van der Waals surface area contributed by atoms with Gasteiger partial charge in [0.25, 0.3) is 5.91 Å². The molecule has 170 valence electrons. The lowest BCUT2D eigenvalue weighted by atomic mass is 9.98. The minimum Gasteiger partial charge on any atom is -0.352 e. The highest BCUT2D eigenvalue weighted by Crippen LogP contribution is 2.24. The zero-order valence-corrected chi connectivity index (χ0v) is 19.1. The van der Waals surface area contributed by atoms with Gasteiger partial charge < -0.3 is 10.2 Å². The van der Waals surface area contributed by atoms with Gasteiger partial charge in [-0.1, -0.05) is 36.9 Å². The maximum Gasteiger partial charge on any atom is 0.253 e. The molecular formula is C24H29N3O4S. The van der Waals surface area contributed by atoms with Crippen LogP contribution in [0.5, 0.6) is 0 Å². The van der Waals surface area contributed by atoms with Crippen molar-refractivity contribution in [1.29, 1.82) is 0 Å². The van der Waals surface area contributed by atoms with Crippen molar-refractivity contribution in [2.75, 3.05) is 26.7 Å². The van der Waals surface area contributed by atoms with Crippen molar-refractivity contribution in [2.24, 2.45) is 5.92 Å². The molecule has 1 heterocycles. The summed E-state index contributed by atoms with van der Waals surface area (Å²) in [6.07, 6.45) is 2.59. The second kappa shape index (κ2) is 10.6. The van der Waals surface area contributed by atoms with E-state index in [4.69, 9.17) is 0 Å². The molecule has 0 atom stereocenters. The van der Waals surface area contributed by atoms with Crippen molar-refractivity contribution < 1.29 is 18.0 Å². The van der Waals surface area contributed by atoms with Crippen LogP contribution >= 0.6 is 0 Å². The molecular weight excluding hydrogens is 426 g/mol. The molecule has 0 unspecified atom stereocenters. The molecule has 8 heteroatoms. The van der Waals surface area contributed by atoms with Crippen molar-refractivity contribution >= 4 is 21.8 Å². The van der Waals surface area contributed by atoms with E-state index in [-0.39, 0.29) is 22.6 Å². The number of sulfonamides is 1. The van der Waals surface area contributed by atoms with Crippen LogP contribution in [0.3, 0.4) is 0 Å². The van der Waals surface area contributed by atoms with Crippen LogP contribution in [0.2, 0.25) is 0 Å². The van der Waals surface area contributed by atoms with E-state index in [0.29, 0.717) is 44.6 Å². The summed E-state index contributed by atoms with van der Waals surface area (Å²) in [6, 6.07) is 15.8. The van der Waals surface area contributed by atoms with Gasteiger partial charge in [0, 0.05) is 38.8 Å². The Labute approximate surface area is 189 Å². The summed E-state index contributed by atoms with van der Waals surface area (Å²) in [6.45, 7) is 5.22. The Hall–Kier alpha value is -2.97. The minimum absolute atomic E-state index is 0.166. The number of rotatable bonds is 8. The number of nitrogens with one attached hydrogen (secondary N) is 1. The molecule has 3 rings (SSSR count). The number of piperidine rings is 1. The van der Waals surface area contributed by atoms with E-state index in [1.807, 2.05) is 30.3 Å². The van der Waals surface area contributed by atoms with E-state index < -0.39 is 10.0 Å². The Bertz CT molecular complexity index is 1040. The Morgan fingerprint density at radius 2 is 1.72 bits per heavy atom. The maximum absolute atomic E-state index is 13.0. The van der Waals surface area contributed by atoms with Crippen LogP contribution in [0.15, 0.2) is 72.1 Å². The van der Waals surface area contributed by atoms with Crippen LogP contribution in [-0.2, 0) is 21.4 Å². The molecule has 0 bridgehead atoms. The fourth-order valence-electron chi connectivity index (χ4n) is 3.74. The van der Waals surface area contributed by atoms with Gasteiger partial charge >= 0.3 is 0 Å². The molecule has 0 aliphatic carbocycles. The first kappa shape index (κ1) is 23.7. The maximum atomic E-state index is 13.0. The summed E-state index contributed by atoms with van der Waals surface area (Å²) in [4.78, 5) is 25.8. The van der Waals surface area contributed by atoms with Crippen LogP contribution in [0.25, 0.3) is 0 Å². The highest BCUT2D eigenvalue weighted by Gasteiger charge is 2.29. The van der Waals surface area contributed by atoms with Crippen LogP contribution in [0.4, 0.5) is 0 Å². The Morgan fingerprint density at radius 3 is 2.31 bits per heavy atom. The molecule has 32 heavy (non-hydrogen) atoms.